The van der Waals surface area contributed by atoms with Crippen molar-refractivity contribution in [3.8, 4) is 5.75 Å². The maximum absolute atomic E-state index is 11.7. The molecule has 0 bridgehead atoms. The second kappa shape index (κ2) is 8.31. The topological polar surface area (TPSA) is 90.7 Å². The minimum Gasteiger partial charge on any atom is -0.497 e. The third-order valence-electron chi connectivity index (χ3n) is 2.29. The largest absolute Gasteiger partial charge is 0.497 e. The Kier molecular flexibility index (Phi) is 6.72. The highest BCUT2D eigenvalue weighted by Gasteiger charge is 2.08. The number of anilines is 2. The number of carbonyl (C=O) groups is 2. The average Bonchev–Trinajstić information content (AvgIpc) is 2.41. The van der Waals surface area contributed by atoms with Gasteiger partial charge in [0.15, 0.2) is 0 Å². The van der Waals surface area contributed by atoms with Crippen molar-refractivity contribution in [2.75, 3.05) is 36.3 Å². The van der Waals surface area contributed by atoms with Gasteiger partial charge in [-0.1, -0.05) is 0 Å². The quantitative estimate of drug-likeness (QED) is 0.586. The molecule has 0 radical (unpaired) electrons. The maximum Gasteiger partial charge on any atom is 0.315 e. The van der Waals surface area contributed by atoms with E-state index in [0.29, 0.717) is 23.7 Å². The summed E-state index contributed by atoms with van der Waals surface area (Å²) < 4.78 is 9.78. The van der Waals surface area contributed by atoms with Crippen molar-refractivity contribution in [3.63, 3.8) is 0 Å². The highest BCUT2D eigenvalue weighted by Crippen LogP contribution is 2.24. The lowest BCUT2D eigenvalue weighted by molar-refractivity contribution is -0.139. The Morgan fingerprint density at radius 2 is 2.10 bits per heavy atom. The van der Waals surface area contributed by atoms with Gasteiger partial charge in [0.25, 0.3) is 0 Å². The van der Waals surface area contributed by atoms with Gasteiger partial charge in [-0.05, 0) is 19.1 Å². The van der Waals surface area contributed by atoms with Crippen LogP contribution in [0.4, 0.5) is 11.4 Å². The summed E-state index contributed by atoms with van der Waals surface area (Å²) >= 11 is 1.19. The number of amides is 1. The van der Waals surface area contributed by atoms with E-state index in [9.17, 15) is 9.59 Å². The van der Waals surface area contributed by atoms with Gasteiger partial charge >= 0.3 is 5.97 Å². The third kappa shape index (κ3) is 5.40. The van der Waals surface area contributed by atoms with Crippen molar-refractivity contribution >= 4 is 35.0 Å². The third-order valence-corrected chi connectivity index (χ3v) is 3.20. The maximum atomic E-state index is 11.7. The summed E-state index contributed by atoms with van der Waals surface area (Å²) in [7, 11) is 1.54. The van der Waals surface area contributed by atoms with Crippen LogP contribution in [0.1, 0.15) is 6.92 Å². The Hall–Kier alpha value is -1.89. The first-order valence-electron chi connectivity index (χ1n) is 6.03. The van der Waals surface area contributed by atoms with E-state index in [0.717, 1.165) is 0 Å². The van der Waals surface area contributed by atoms with Gasteiger partial charge in [-0.25, -0.2) is 0 Å². The number of carbonyl (C=O) groups excluding carboxylic acids is 2. The van der Waals surface area contributed by atoms with E-state index in [-0.39, 0.29) is 23.4 Å². The number of benzene rings is 1. The van der Waals surface area contributed by atoms with Crippen molar-refractivity contribution < 1.29 is 19.1 Å². The zero-order valence-corrected chi connectivity index (χ0v) is 12.3. The first-order chi connectivity index (χ1) is 9.56. The molecule has 0 aliphatic rings. The standard InChI is InChI=1S/C13H18N2O4S/c1-3-19-13(17)8-20-7-12(16)15-11-5-4-9(18-2)6-10(11)14/h4-6H,3,7-8,14H2,1-2H3,(H,15,16). The van der Waals surface area contributed by atoms with Crippen molar-refractivity contribution in [1.82, 2.24) is 0 Å². The molecule has 0 heterocycles. The molecule has 20 heavy (non-hydrogen) atoms. The zero-order valence-electron chi connectivity index (χ0n) is 11.5. The molecule has 0 aromatic heterocycles. The number of thioether (sulfide) groups is 1. The number of methoxy groups -OCH3 is 1. The molecule has 1 rings (SSSR count). The van der Waals surface area contributed by atoms with E-state index in [1.54, 1.807) is 32.2 Å². The number of ether oxygens (including phenoxy) is 2. The molecule has 0 spiro atoms. The predicted octanol–water partition coefficient (Wildman–Crippen LogP) is 1.51. The molecule has 1 amide bonds. The summed E-state index contributed by atoms with van der Waals surface area (Å²) in [6.07, 6.45) is 0. The molecule has 1 aromatic carbocycles. The van der Waals surface area contributed by atoms with Crippen LogP contribution in [0, 0.1) is 0 Å². The van der Waals surface area contributed by atoms with E-state index < -0.39 is 0 Å². The summed E-state index contributed by atoms with van der Waals surface area (Å²) in [6.45, 7) is 2.08. The molecule has 0 aliphatic heterocycles. The average molecular weight is 298 g/mol. The highest BCUT2D eigenvalue weighted by atomic mass is 32.2. The zero-order chi connectivity index (χ0) is 15.0. The minimum absolute atomic E-state index is 0.152. The fourth-order valence-corrected chi connectivity index (χ4v) is 2.01. The number of nitrogens with two attached hydrogens (primary N) is 1. The summed E-state index contributed by atoms with van der Waals surface area (Å²) in [6, 6.07) is 5.00. The van der Waals surface area contributed by atoms with Gasteiger partial charge < -0.3 is 20.5 Å². The fraction of sp³-hybridized carbons (Fsp3) is 0.385. The first kappa shape index (κ1) is 16.2. The minimum atomic E-state index is -0.325. The Balaban J connectivity index is 2.41. The van der Waals surface area contributed by atoms with E-state index in [1.165, 1.54) is 11.8 Å². The molecule has 110 valence electrons. The fourth-order valence-electron chi connectivity index (χ4n) is 1.40. The monoisotopic (exact) mass is 298 g/mol. The van der Waals surface area contributed by atoms with Crippen molar-refractivity contribution in [3.05, 3.63) is 18.2 Å². The van der Waals surface area contributed by atoms with Crippen LogP contribution < -0.4 is 15.8 Å². The number of nitrogen functional groups attached to an aromatic ring is 1. The van der Waals surface area contributed by atoms with Crippen LogP contribution in [0.15, 0.2) is 18.2 Å². The van der Waals surface area contributed by atoms with Crippen LogP contribution in [0.2, 0.25) is 0 Å². The number of hydrogen-bond donors (Lipinski definition) is 2. The summed E-state index contributed by atoms with van der Waals surface area (Å²) in [5.74, 6) is 0.381. The summed E-state index contributed by atoms with van der Waals surface area (Å²) in [5.41, 5.74) is 6.73. The molecule has 0 atom stereocenters. The van der Waals surface area contributed by atoms with Crippen LogP contribution in [-0.2, 0) is 14.3 Å². The van der Waals surface area contributed by atoms with Gasteiger partial charge in [0, 0.05) is 6.07 Å². The predicted molar refractivity (Wildman–Crippen MR) is 80.0 cm³/mol. The smallest absolute Gasteiger partial charge is 0.315 e. The van der Waals surface area contributed by atoms with Gasteiger partial charge in [-0.2, -0.15) is 0 Å². The number of nitrogens with one attached hydrogen (secondary N) is 1. The van der Waals surface area contributed by atoms with E-state index in [1.807, 2.05) is 0 Å². The number of hydrogen-bond acceptors (Lipinski definition) is 6. The van der Waals surface area contributed by atoms with Crippen molar-refractivity contribution in [1.29, 1.82) is 0 Å². The molecule has 6 nitrogen and oxygen atoms in total. The summed E-state index contributed by atoms with van der Waals surface area (Å²) in [4.78, 5) is 22.8. The van der Waals surface area contributed by atoms with Crippen molar-refractivity contribution in [2.24, 2.45) is 0 Å². The Morgan fingerprint density at radius 1 is 1.35 bits per heavy atom. The Bertz CT molecular complexity index is 479. The molecule has 0 unspecified atom stereocenters. The molecular weight excluding hydrogens is 280 g/mol. The van der Waals surface area contributed by atoms with Crippen LogP contribution >= 0.6 is 11.8 Å². The molecule has 1 aromatic rings. The number of rotatable bonds is 7. The van der Waals surface area contributed by atoms with E-state index in [4.69, 9.17) is 15.2 Å². The van der Waals surface area contributed by atoms with Gasteiger partial charge in [-0.15, -0.1) is 11.8 Å². The molecular formula is C13H18N2O4S. The van der Waals surface area contributed by atoms with Gasteiger partial charge in [0.2, 0.25) is 5.91 Å². The van der Waals surface area contributed by atoms with E-state index in [2.05, 4.69) is 5.32 Å². The van der Waals surface area contributed by atoms with Crippen molar-refractivity contribution in [2.45, 2.75) is 6.92 Å². The lowest BCUT2D eigenvalue weighted by Crippen LogP contribution is -2.17. The number of esters is 1. The molecule has 3 N–H and O–H groups in total. The normalized spacial score (nSPS) is 9.90. The molecule has 0 aliphatic carbocycles. The molecule has 7 heteroatoms. The van der Waals surface area contributed by atoms with Crippen LogP contribution in [0.5, 0.6) is 5.75 Å². The van der Waals surface area contributed by atoms with Crippen LogP contribution in [-0.4, -0.2) is 37.1 Å². The molecule has 0 saturated carbocycles. The molecule has 0 saturated heterocycles. The Labute approximate surface area is 122 Å². The highest BCUT2D eigenvalue weighted by molar-refractivity contribution is 8.00. The first-order valence-corrected chi connectivity index (χ1v) is 7.19. The SMILES string of the molecule is CCOC(=O)CSCC(=O)Nc1ccc(OC)cc1N. The van der Waals surface area contributed by atoms with Gasteiger partial charge in [-0.3, -0.25) is 9.59 Å². The van der Waals surface area contributed by atoms with Gasteiger partial charge in [0.1, 0.15) is 5.75 Å². The lowest BCUT2D eigenvalue weighted by atomic mass is 10.2. The van der Waals surface area contributed by atoms with E-state index >= 15 is 0 Å². The van der Waals surface area contributed by atoms with Crippen LogP contribution in [0.25, 0.3) is 0 Å². The van der Waals surface area contributed by atoms with Crippen LogP contribution in [0.3, 0.4) is 0 Å². The second-order valence-corrected chi connectivity index (χ2v) is 4.78. The summed E-state index contributed by atoms with van der Waals surface area (Å²) in [5, 5.41) is 2.67. The van der Waals surface area contributed by atoms with Gasteiger partial charge in [0.05, 0.1) is 36.6 Å². The lowest BCUT2D eigenvalue weighted by Gasteiger charge is -2.09. The Morgan fingerprint density at radius 3 is 2.70 bits per heavy atom. The molecule has 0 fully saturated rings. The second-order valence-electron chi connectivity index (χ2n) is 3.80.